The summed E-state index contributed by atoms with van der Waals surface area (Å²) >= 11 is 0. The average molecular weight is 498 g/mol. The summed E-state index contributed by atoms with van der Waals surface area (Å²) in [5.74, 6) is -1.62. The van der Waals surface area contributed by atoms with Gasteiger partial charge in [0.25, 0.3) is 0 Å². The fourth-order valence-corrected chi connectivity index (χ4v) is 3.98. The lowest BCUT2D eigenvalue weighted by molar-refractivity contribution is -0.111. The second kappa shape index (κ2) is 9.90. The number of carbonyl (C=O) groups excluding carboxylic acids is 1. The van der Waals surface area contributed by atoms with Gasteiger partial charge in [0.15, 0.2) is 11.6 Å². The SMILES string of the molecule is C=CC(=O)Nc1cccc(-n2c(=O)n(-c3ccc(OCc4ccccc4F)c(F)c3)c3cnccc32)c1. The number of pyridine rings is 1. The molecule has 0 aliphatic heterocycles. The van der Waals surface area contributed by atoms with Crippen molar-refractivity contribution >= 4 is 22.6 Å². The third-order valence-corrected chi connectivity index (χ3v) is 5.71. The molecule has 0 spiro atoms. The van der Waals surface area contributed by atoms with E-state index in [1.54, 1.807) is 60.8 Å². The number of carbonyl (C=O) groups is 1. The maximum Gasteiger partial charge on any atom is 0.338 e. The average Bonchev–Trinajstić information content (AvgIpc) is 3.20. The van der Waals surface area contributed by atoms with Crippen LogP contribution in [0.3, 0.4) is 0 Å². The number of imidazole rings is 1. The molecule has 2 heterocycles. The summed E-state index contributed by atoms with van der Waals surface area (Å²) in [7, 11) is 0. The van der Waals surface area contributed by atoms with Crippen LogP contribution in [0.25, 0.3) is 22.4 Å². The van der Waals surface area contributed by atoms with Crippen LogP contribution in [0.5, 0.6) is 5.75 Å². The van der Waals surface area contributed by atoms with Gasteiger partial charge in [-0.05, 0) is 48.5 Å². The van der Waals surface area contributed by atoms with E-state index in [1.165, 1.54) is 33.5 Å². The van der Waals surface area contributed by atoms with Gasteiger partial charge in [0.1, 0.15) is 12.4 Å². The van der Waals surface area contributed by atoms with Crippen LogP contribution < -0.4 is 15.7 Å². The Kier molecular flexibility index (Phi) is 6.34. The van der Waals surface area contributed by atoms with E-state index in [9.17, 15) is 14.0 Å². The zero-order valence-electron chi connectivity index (χ0n) is 19.4. The standard InChI is InChI=1S/C28H20F2N4O3/c1-2-27(35)32-19-7-5-8-20(14-19)33-24-12-13-31-16-25(24)34(28(33)36)21-10-11-26(23(30)15-21)37-17-18-6-3-4-9-22(18)29/h2-16H,1,17H2,(H,32,35). The van der Waals surface area contributed by atoms with Crippen LogP contribution in [-0.2, 0) is 11.4 Å². The zero-order chi connectivity index (χ0) is 25.9. The summed E-state index contributed by atoms with van der Waals surface area (Å²) in [5.41, 5.74) is 2.05. The van der Waals surface area contributed by atoms with Gasteiger partial charge in [-0.3, -0.25) is 18.9 Å². The number of hydrogen-bond donors (Lipinski definition) is 1. The van der Waals surface area contributed by atoms with E-state index < -0.39 is 17.3 Å². The summed E-state index contributed by atoms with van der Waals surface area (Å²) in [6.45, 7) is 3.29. The van der Waals surface area contributed by atoms with Crippen molar-refractivity contribution in [2.45, 2.75) is 6.61 Å². The van der Waals surface area contributed by atoms with Crippen LogP contribution in [0.15, 0.2) is 103 Å². The lowest BCUT2D eigenvalue weighted by atomic mass is 10.2. The maximum absolute atomic E-state index is 15.0. The number of aromatic nitrogens is 3. The fourth-order valence-electron chi connectivity index (χ4n) is 3.98. The van der Waals surface area contributed by atoms with Crippen molar-refractivity contribution in [3.63, 3.8) is 0 Å². The van der Waals surface area contributed by atoms with E-state index in [4.69, 9.17) is 4.74 Å². The Hall–Kier alpha value is -5.05. The van der Waals surface area contributed by atoms with E-state index >= 15 is 4.39 Å². The Balaban J connectivity index is 1.54. The molecule has 3 aromatic carbocycles. The molecular formula is C28H20F2N4O3. The van der Waals surface area contributed by atoms with Gasteiger partial charge in [0, 0.05) is 23.5 Å². The Bertz CT molecular complexity index is 1710. The highest BCUT2D eigenvalue weighted by Gasteiger charge is 2.18. The fraction of sp³-hybridized carbons (Fsp3) is 0.0357. The quantitative estimate of drug-likeness (QED) is 0.315. The van der Waals surface area contributed by atoms with Gasteiger partial charge in [0.05, 0.1) is 28.6 Å². The van der Waals surface area contributed by atoms with Gasteiger partial charge >= 0.3 is 5.69 Å². The first kappa shape index (κ1) is 23.7. The van der Waals surface area contributed by atoms with E-state index in [2.05, 4.69) is 16.9 Å². The number of fused-ring (bicyclic) bond motifs is 1. The number of amides is 1. The van der Waals surface area contributed by atoms with Crippen molar-refractivity contribution in [2.24, 2.45) is 0 Å². The number of nitrogens with one attached hydrogen (secondary N) is 1. The molecule has 2 aromatic heterocycles. The van der Waals surface area contributed by atoms with Crippen molar-refractivity contribution in [3.8, 4) is 17.1 Å². The molecule has 37 heavy (non-hydrogen) atoms. The summed E-state index contributed by atoms with van der Waals surface area (Å²) < 4.78 is 37.1. The number of nitrogens with zero attached hydrogens (tertiary/aromatic N) is 3. The summed E-state index contributed by atoms with van der Waals surface area (Å²) in [6.07, 6.45) is 4.21. The smallest absolute Gasteiger partial charge is 0.338 e. The van der Waals surface area contributed by atoms with E-state index in [0.717, 1.165) is 6.08 Å². The van der Waals surface area contributed by atoms with Crippen molar-refractivity contribution in [1.29, 1.82) is 0 Å². The molecule has 1 N–H and O–H groups in total. The van der Waals surface area contributed by atoms with E-state index in [1.807, 2.05) is 0 Å². The van der Waals surface area contributed by atoms with Gasteiger partial charge in [-0.2, -0.15) is 0 Å². The summed E-state index contributed by atoms with van der Waals surface area (Å²) in [4.78, 5) is 29.5. The molecule has 0 atom stereocenters. The Morgan fingerprint density at radius 2 is 1.73 bits per heavy atom. The molecule has 184 valence electrons. The molecule has 1 amide bonds. The maximum atomic E-state index is 15.0. The molecule has 5 aromatic rings. The molecule has 0 saturated carbocycles. The van der Waals surface area contributed by atoms with Crippen LogP contribution in [0.2, 0.25) is 0 Å². The first-order valence-electron chi connectivity index (χ1n) is 11.2. The van der Waals surface area contributed by atoms with Gasteiger partial charge in [-0.25, -0.2) is 13.6 Å². The van der Waals surface area contributed by atoms with Gasteiger partial charge in [0.2, 0.25) is 5.91 Å². The summed E-state index contributed by atoms with van der Waals surface area (Å²) in [6, 6.07) is 18.6. The molecular weight excluding hydrogens is 478 g/mol. The Morgan fingerprint density at radius 1 is 0.946 bits per heavy atom. The number of hydrogen-bond acceptors (Lipinski definition) is 4. The monoisotopic (exact) mass is 498 g/mol. The normalized spacial score (nSPS) is 10.9. The van der Waals surface area contributed by atoms with E-state index in [0.29, 0.717) is 28.0 Å². The van der Waals surface area contributed by atoms with Crippen LogP contribution >= 0.6 is 0 Å². The highest BCUT2D eigenvalue weighted by atomic mass is 19.1. The minimum absolute atomic E-state index is 0.0763. The number of halogens is 2. The molecule has 7 nitrogen and oxygen atoms in total. The highest BCUT2D eigenvalue weighted by molar-refractivity contribution is 5.99. The zero-order valence-corrected chi connectivity index (χ0v) is 19.4. The summed E-state index contributed by atoms with van der Waals surface area (Å²) in [5, 5.41) is 2.67. The highest BCUT2D eigenvalue weighted by Crippen LogP contribution is 2.26. The first-order chi connectivity index (χ1) is 18.0. The molecule has 0 bridgehead atoms. The van der Waals surface area contributed by atoms with Crippen LogP contribution in [0.4, 0.5) is 14.5 Å². The van der Waals surface area contributed by atoms with Gasteiger partial charge in [-0.15, -0.1) is 0 Å². The second-order valence-corrected chi connectivity index (χ2v) is 8.06. The minimum atomic E-state index is -0.709. The number of ether oxygens (including phenoxy) is 1. The lowest BCUT2D eigenvalue weighted by Crippen LogP contribution is -2.22. The lowest BCUT2D eigenvalue weighted by Gasteiger charge is -2.10. The molecule has 5 rings (SSSR count). The van der Waals surface area contributed by atoms with Crippen LogP contribution in [0.1, 0.15) is 5.56 Å². The number of rotatable bonds is 7. The second-order valence-electron chi connectivity index (χ2n) is 8.06. The third-order valence-electron chi connectivity index (χ3n) is 5.71. The Morgan fingerprint density at radius 3 is 2.51 bits per heavy atom. The van der Waals surface area contributed by atoms with Crippen LogP contribution in [0, 0.1) is 11.6 Å². The number of benzene rings is 3. The predicted octanol–water partition coefficient (Wildman–Crippen LogP) is 5.16. The first-order valence-corrected chi connectivity index (χ1v) is 11.2. The van der Waals surface area contributed by atoms with Gasteiger partial charge < -0.3 is 10.1 Å². The molecule has 0 radical (unpaired) electrons. The number of anilines is 1. The van der Waals surface area contributed by atoms with Crippen molar-refractivity contribution in [2.75, 3.05) is 5.32 Å². The minimum Gasteiger partial charge on any atom is -0.486 e. The molecule has 0 unspecified atom stereocenters. The van der Waals surface area contributed by atoms with Crippen LogP contribution in [-0.4, -0.2) is 20.0 Å². The molecule has 0 aliphatic carbocycles. The van der Waals surface area contributed by atoms with Crippen molar-refractivity contribution in [1.82, 2.24) is 14.1 Å². The van der Waals surface area contributed by atoms with Crippen molar-refractivity contribution in [3.05, 3.63) is 126 Å². The largest absolute Gasteiger partial charge is 0.486 e. The predicted molar refractivity (Wildman–Crippen MR) is 136 cm³/mol. The molecule has 0 fully saturated rings. The topological polar surface area (TPSA) is 78.2 Å². The van der Waals surface area contributed by atoms with Crippen molar-refractivity contribution < 1.29 is 18.3 Å². The van der Waals surface area contributed by atoms with Gasteiger partial charge in [-0.1, -0.05) is 30.8 Å². The third kappa shape index (κ3) is 4.62. The van der Waals surface area contributed by atoms with E-state index in [-0.39, 0.29) is 24.0 Å². The molecule has 0 aliphatic rings. The molecule has 9 heteroatoms. The Labute approximate surface area is 209 Å². The molecule has 0 saturated heterocycles.